The molecule has 1 aromatic rings. The molecule has 72 valence electrons. The van der Waals surface area contributed by atoms with Crippen molar-refractivity contribution in [3.8, 4) is 0 Å². The molecule has 1 rings (SSSR count). The van der Waals surface area contributed by atoms with Gasteiger partial charge >= 0.3 is 0 Å². The Morgan fingerprint density at radius 1 is 0.923 bits per heavy atom. The van der Waals surface area contributed by atoms with E-state index in [4.69, 9.17) is 0 Å². The van der Waals surface area contributed by atoms with E-state index in [1.807, 2.05) is 0 Å². The molecule has 0 unspecified atom stereocenters. The Kier molecular flexibility index (Phi) is 3.23. The summed E-state index contributed by atoms with van der Waals surface area (Å²) in [5, 5.41) is 0. The summed E-state index contributed by atoms with van der Waals surface area (Å²) in [5.74, 6) is -5.58. The van der Waals surface area contributed by atoms with Gasteiger partial charge in [0.15, 0.2) is 23.3 Å². The molecule has 0 saturated heterocycles. The van der Waals surface area contributed by atoms with Crippen LogP contribution in [-0.2, 0) is 0 Å². The first-order valence-electron chi connectivity index (χ1n) is 3.06. The minimum atomic E-state index is -1.41. The molecule has 0 spiro atoms. The molecule has 0 radical (unpaired) electrons. The van der Waals surface area contributed by atoms with Gasteiger partial charge in [0.05, 0.1) is 9.37 Å². The van der Waals surface area contributed by atoms with Crippen molar-refractivity contribution in [2.75, 3.05) is 6.26 Å². The number of rotatable bonds is 1. The van der Waals surface area contributed by atoms with E-state index in [9.17, 15) is 17.6 Å². The predicted molar refractivity (Wildman–Crippen MR) is 45.8 cm³/mol. The summed E-state index contributed by atoms with van der Waals surface area (Å²) < 4.78 is 50.5. The summed E-state index contributed by atoms with van der Waals surface area (Å²) in [4.78, 5) is -0.654. The van der Waals surface area contributed by atoms with Gasteiger partial charge < -0.3 is 0 Å². The lowest BCUT2D eigenvalue weighted by Crippen LogP contribution is -1.99. The maximum absolute atomic E-state index is 12.9. The summed E-state index contributed by atoms with van der Waals surface area (Å²) in [6.07, 6.45) is 1.33. The highest BCUT2D eigenvalue weighted by atomic mass is 79.9. The Labute approximate surface area is 84.4 Å². The van der Waals surface area contributed by atoms with E-state index in [2.05, 4.69) is 15.9 Å². The van der Waals surface area contributed by atoms with E-state index in [1.165, 1.54) is 6.26 Å². The van der Waals surface area contributed by atoms with Gasteiger partial charge in [0.1, 0.15) is 0 Å². The standard InChI is InChI=1S/C7H3BrF4S/c1-13-7-5(11)3(9)2(8)4(10)6(7)12/h1H3. The highest BCUT2D eigenvalue weighted by Gasteiger charge is 2.23. The monoisotopic (exact) mass is 274 g/mol. The summed E-state index contributed by atoms with van der Waals surface area (Å²) in [6.45, 7) is 0. The largest absolute Gasteiger partial charge is 0.202 e. The topological polar surface area (TPSA) is 0 Å². The lowest BCUT2D eigenvalue weighted by Gasteiger charge is -2.05. The first-order chi connectivity index (χ1) is 6.00. The maximum Gasteiger partial charge on any atom is 0.177 e. The van der Waals surface area contributed by atoms with Crippen molar-refractivity contribution in [3.63, 3.8) is 0 Å². The third-order valence-corrected chi connectivity index (χ3v) is 2.84. The van der Waals surface area contributed by atoms with Gasteiger partial charge in [0.25, 0.3) is 0 Å². The van der Waals surface area contributed by atoms with E-state index in [0.29, 0.717) is 11.8 Å². The number of hydrogen-bond acceptors (Lipinski definition) is 1. The Morgan fingerprint density at radius 3 is 1.62 bits per heavy atom. The van der Waals surface area contributed by atoms with E-state index in [0.717, 1.165) is 0 Å². The molecule has 13 heavy (non-hydrogen) atoms. The van der Waals surface area contributed by atoms with Crippen LogP contribution < -0.4 is 0 Å². The number of benzene rings is 1. The van der Waals surface area contributed by atoms with E-state index in [1.54, 1.807) is 0 Å². The van der Waals surface area contributed by atoms with Crippen LogP contribution in [-0.4, -0.2) is 6.26 Å². The summed E-state index contributed by atoms with van der Waals surface area (Å²) >= 11 is 3.01. The highest BCUT2D eigenvalue weighted by molar-refractivity contribution is 9.10. The average Bonchev–Trinajstić information content (AvgIpc) is 2.13. The summed E-state index contributed by atoms with van der Waals surface area (Å²) in [6, 6.07) is 0. The van der Waals surface area contributed by atoms with Crippen molar-refractivity contribution in [2.45, 2.75) is 4.90 Å². The molecule has 0 bridgehead atoms. The van der Waals surface area contributed by atoms with Gasteiger partial charge in [-0.25, -0.2) is 17.6 Å². The van der Waals surface area contributed by atoms with Crippen LogP contribution in [0.1, 0.15) is 0 Å². The third-order valence-electron chi connectivity index (χ3n) is 1.37. The molecule has 0 saturated carbocycles. The van der Waals surface area contributed by atoms with Crippen molar-refractivity contribution < 1.29 is 17.6 Å². The van der Waals surface area contributed by atoms with E-state index >= 15 is 0 Å². The molecule has 0 fully saturated rings. The Balaban J connectivity index is 3.56. The van der Waals surface area contributed by atoms with Gasteiger partial charge in [0.2, 0.25) is 0 Å². The Morgan fingerprint density at radius 2 is 1.31 bits per heavy atom. The van der Waals surface area contributed by atoms with Crippen molar-refractivity contribution in [1.29, 1.82) is 0 Å². The minimum absolute atomic E-state index is 0.608. The van der Waals surface area contributed by atoms with E-state index < -0.39 is 32.6 Å². The number of hydrogen-bond donors (Lipinski definition) is 0. The first kappa shape index (κ1) is 10.8. The molecule has 1 aromatic carbocycles. The van der Waals surface area contributed by atoms with Crippen LogP contribution in [0.4, 0.5) is 17.6 Å². The lowest BCUT2D eigenvalue weighted by molar-refractivity contribution is 0.419. The first-order valence-corrected chi connectivity index (χ1v) is 5.08. The Hall–Kier alpha value is -0.230. The summed E-state index contributed by atoms with van der Waals surface area (Å²) in [7, 11) is 0. The fourth-order valence-corrected chi connectivity index (χ4v) is 1.65. The van der Waals surface area contributed by atoms with Crippen LogP contribution in [0.5, 0.6) is 0 Å². The van der Waals surface area contributed by atoms with Gasteiger partial charge in [-0.1, -0.05) is 0 Å². The fourth-order valence-electron chi connectivity index (χ4n) is 0.764. The Bertz CT molecular complexity index is 324. The second kappa shape index (κ2) is 3.88. The molecule has 0 atom stereocenters. The smallest absolute Gasteiger partial charge is 0.177 e. The fraction of sp³-hybridized carbons (Fsp3) is 0.143. The molecule has 0 heterocycles. The molecule has 0 amide bonds. The third kappa shape index (κ3) is 1.69. The predicted octanol–water partition coefficient (Wildman–Crippen LogP) is 3.73. The molecule has 0 aliphatic rings. The molecular formula is C7H3BrF4S. The van der Waals surface area contributed by atoms with Crippen LogP contribution in [0.25, 0.3) is 0 Å². The normalized spacial score (nSPS) is 10.6. The van der Waals surface area contributed by atoms with Crippen molar-refractivity contribution in [3.05, 3.63) is 27.7 Å². The summed E-state index contributed by atoms with van der Waals surface area (Å²) in [5.41, 5.74) is 0. The van der Waals surface area contributed by atoms with Crippen LogP contribution in [0.2, 0.25) is 0 Å². The van der Waals surface area contributed by atoms with Crippen LogP contribution >= 0.6 is 27.7 Å². The van der Waals surface area contributed by atoms with Crippen molar-refractivity contribution in [2.24, 2.45) is 0 Å². The molecule has 0 aromatic heterocycles. The highest BCUT2D eigenvalue weighted by Crippen LogP contribution is 2.32. The molecule has 0 aliphatic carbocycles. The van der Waals surface area contributed by atoms with Gasteiger partial charge in [-0.2, -0.15) is 0 Å². The average molecular weight is 275 g/mol. The molecule has 0 N–H and O–H groups in total. The SMILES string of the molecule is CSc1c(F)c(F)c(Br)c(F)c1F. The van der Waals surface area contributed by atoms with Crippen LogP contribution in [0.3, 0.4) is 0 Å². The minimum Gasteiger partial charge on any atom is -0.202 e. The van der Waals surface area contributed by atoms with Gasteiger partial charge in [-0.05, 0) is 22.2 Å². The van der Waals surface area contributed by atoms with Gasteiger partial charge in [-0.3, -0.25) is 0 Å². The second-order valence-electron chi connectivity index (χ2n) is 2.10. The maximum atomic E-state index is 12.9. The van der Waals surface area contributed by atoms with Crippen molar-refractivity contribution in [1.82, 2.24) is 0 Å². The molecule has 0 aliphatic heterocycles. The molecule has 0 nitrogen and oxygen atoms in total. The van der Waals surface area contributed by atoms with Gasteiger partial charge in [-0.15, -0.1) is 11.8 Å². The number of halogens is 5. The van der Waals surface area contributed by atoms with Gasteiger partial charge in [0, 0.05) is 0 Å². The van der Waals surface area contributed by atoms with Crippen molar-refractivity contribution >= 4 is 27.7 Å². The zero-order chi connectivity index (χ0) is 10.2. The van der Waals surface area contributed by atoms with Crippen LogP contribution in [0, 0.1) is 23.3 Å². The molecule has 6 heteroatoms. The zero-order valence-electron chi connectivity index (χ0n) is 6.30. The lowest BCUT2D eigenvalue weighted by atomic mass is 10.3. The zero-order valence-corrected chi connectivity index (χ0v) is 8.70. The quantitative estimate of drug-likeness (QED) is 0.326. The number of thioether (sulfide) groups is 1. The van der Waals surface area contributed by atoms with E-state index in [-0.39, 0.29) is 0 Å². The van der Waals surface area contributed by atoms with Crippen LogP contribution in [0.15, 0.2) is 9.37 Å². The molecular weight excluding hydrogens is 272 g/mol. The second-order valence-corrected chi connectivity index (χ2v) is 3.71.